The molecule has 10 heteroatoms. The van der Waals surface area contributed by atoms with E-state index in [2.05, 4.69) is 29.5 Å². The largest absolute Gasteiger partial charge is 0.465 e. The van der Waals surface area contributed by atoms with Gasteiger partial charge in [-0.2, -0.15) is 0 Å². The summed E-state index contributed by atoms with van der Waals surface area (Å²) in [6.45, 7) is 4.13. The minimum atomic E-state index is -0.461. The second kappa shape index (κ2) is 10.7. The van der Waals surface area contributed by atoms with Crippen LogP contribution in [-0.2, 0) is 33.6 Å². The lowest BCUT2D eigenvalue weighted by atomic mass is 10.0. The zero-order valence-electron chi connectivity index (χ0n) is 17.4. The molecule has 2 amide bonds. The summed E-state index contributed by atoms with van der Waals surface area (Å²) in [5, 5.41) is 12.0. The molecule has 0 radical (unpaired) electrons. The predicted molar refractivity (Wildman–Crippen MR) is 125 cm³/mol. The molecular formula is C21H23N3O4S3. The molecule has 0 saturated carbocycles. The molecule has 7 nitrogen and oxygen atoms in total. The van der Waals surface area contributed by atoms with Crippen LogP contribution in [0.5, 0.6) is 0 Å². The number of methoxy groups -OCH3 is 1. The molecule has 0 saturated heterocycles. The number of nitrogens with zero attached hydrogens (tertiary/aromatic N) is 1. The van der Waals surface area contributed by atoms with Crippen LogP contribution in [0.25, 0.3) is 0 Å². The number of thiazole rings is 1. The molecule has 0 aliphatic rings. The highest BCUT2D eigenvalue weighted by molar-refractivity contribution is 7.15. The Balaban J connectivity index is 1.60. The summed E-state index contributed by atoms with van der Waals surface area (Å²) in [4.78, 5) is 42.2. The molecule has 164 valence electrons. The number of esters is 1. The first-order valence-electron chi connectivity index (χ1n) is 9.60. The average molecular weight is 478 g/mol. The summed E-state index contributed by atoms with van der Waals surface area (Å²) in [5.74, 6) is -0.529. The van der Waals surface area contributed by atoms with Gasteiger partial charge in [-0.15, -0.1) is 34.0 Å². The second-order valence-electron chi connectivity index (χ2n) is 7.23. The molecule has 0 spiro atoms. The number of anilines is 2. The number of carbonyl (C=O) groups is 3. The van der Waals surface area contributed by atoms with Crippen LogP contribution >= 0.6 is 34.0 Å². The number of hydrogen-bond donors (Lipinski definition) is 2. The molecule has 0 atom stereocenters. The number of ether oxygens (including phenoxy) is 1. The van der Waals surface area contributed by atoms with E-state index in [1.54, 1.807) is 5.38 Å². The van der Waals surface area contributed by atoms with Gasteiger partial charge in [0.25, 0.3) is 0 Å². The van der Waals surface area contributed by atoms with Crippen molar-refractivity contribution in [1.29, 1.82) is 0 Å². The number of amides is 2. The first-order chi connectivity index (χ1) is 14.9. The first-order valence-corrected chi connectivity index (χ1v) is 12.2. The zero-order valence-corrected chi connectivity index (χ0v) is 19.8. The van der Waals surface area contributed by atoms with Crippen LogP contribution in [0.1, 0.15) is 40.3 Å². The minimum Gasteiger partial charge on any atom is -0.465 e. The molecule has 0 unspecified atom stereocenters. The Bertz CT molecular complexity index is 1050. The van der Waals surface area contributed by atoms with Crippen LogP contribution in [0.2, 0.25) is 0 Å². The fourth-order valence-electron chi connectivity index (χ4n) is 2.92. The normalized spacial score (nSPS) is 10.8. The van der Waals surface area contributed by atoms with E-state index in [1.807, 2.05) is 22.9 Å². The van der Waals surface area contributed by atoms with Crippen molar-refractivity contribution in [3.8, 4) is 0 Å². The zero-order chi connectivity index (χ0) is 22.4. The van der Waals surface area contributed by atoms with Crippen LogP contribution in [0.4, 0.5) is 10.1 Å². The van der Waals surface area contributed by atoms with Crippen molar-refractivity contribution in [1.82, 2.24) is 4.98 Å². The molecule has 0 fully saturated rings. The van der Waals surface area contributed by atoms with Gasteiger partial charge in [-0.1, -0.05) is 19.9 Å². The molecule has 3 heterocycles. The third kappa shape index (κ3) is 6.46. The van der Waals surface area contributed by atoms with Gasteiger partial charge in [-0.05, 0) is 34.7 Å². The lowest BCUT2D eigenvalue weighted by Crippen LogP contribution is -2.17. The van der Waals surface area contributed by atoms with Gasteiger partial charge in [0.2, 0.25) is 11.8 Å². The van der Waals surface area contributed by atoms with Gasteiger partial charge in [0, 0.05) is 10.3 Å². The molecule has 0 aromatic carbocycles. The molecule has 0 aliphatic carbocycles. The Morgan fingerprint density at radius 2 is 1.84 bits per heavy atom. The van der Waals surface area contributed by atoms with E-state index in [0.717, 1.165) is 16.9 Å². The monoisotopic (exact) mass is 477 g/mol. The molecule has 3 aromatic heterocycles. The molecular weight excluding hydrogens is 454 g/mol. The number of nitrogens with one attached hydrogen (secondary N) is 2. The Morgan fingerprint density at radius 3 is 2.52 bits per heavy atom. The third-order valence-corrected chi connectivity index (χ3v) is 6.82. The summed E-state index contributed by atoms with van der Waals surface area (Å²) < 4.78 is 4.90. The summed E-state index contributed by atoms with van der Waals surface area (Å²) >= 11 is 4.10. The fraction of sp³-hybridized carbons (Fsp3) is 0.333. The topological polar surface area (TPSA) is 97.4 Å². The highest BCUT2D eigenvalue weighted by Crippen LogP contribution is 2.31. The summed E-state index contributed by atoms with van der Waals surface area (Å²) in [6, 6.07) is 3.81. The quantitative estimate of drug-likeness (QED) is 0.439. The molecule has 2 N–H and O–H groups in total. The minimum absolute atomic E-state index is 0.0370. The van der Waals surface area contributed by atoms with Gasteiger partial charge in [-0.3, -0.25) is 9.59 Å². The van der Waals surface area contributed by atoms with E-state index in [9.17, 15) is 14.4 Å². The smallest absolute Gasteiger partial charge is 0.341 e. The van der Waals surface area contributed by atoms with Crippen molar-refractivity contribution in [3.63, 3.8) is 0 Å². The Labute approximate surface area is 192 Å². The second-order valence-corrected chi connectivity index (χ2v) is 10.00. The van der Waals surface area contributed by atoms with Crippen LogP contribution in [0, 0.1) is 5.92 Å². The van der Waals surface area contributed by atoms with Gasteiger partial charge < -0.3 is 15.4 Å². The summed E-state index contributed by atoms with van der Waals surface area (Å²) in [7, 11) is 1.33. The van der Waals surface area contributed by atoms with E-state index in [-0.39, 0.29) is 18.2 Å². The van der Waals surface area contributed by atoms with Crippen LogP contribution in [0.15, 0.2) is 28.3 Å². The molecule has 3 rings (SSSR count). The molecule has 3 aromatic rings. The molecule has 0 bridgehead atoms. The predicted octanol–water partition coefficient (Wildman–Crippen LogP) is 4.61. The van der Waals surface area contributed by atoms with Gasteiger partial charge >= 0.3 is 5.97 Å². The maximum Gasteiger partial charge on any atom is 0.341 e. The molecule has 0 aliphatic heterocycles. The van der Waals surface area contributed by atoms with Crippen molar-refractivity contribution in [2.75, 3.05) is 17.7 Å². The highest BCUT2D eigenvalue weighted by Gasteiger charge is 2.22. The van der Waals surface area contributed by atoms with Crippen molar-refractivity contribution >= 4 is 61.9 Å². The Morgan fingerprint density at radius 1 is 1.06 bits per heavy atom. The molecule has 31 heavy (non-hydrogen) atoms. The van der Waals surface area contributed by atoms with Crippen molar-refractivity contribution in [2.24, 2.45) is 5.92 Å². The lowest BCUT2D eigenvalue weighted by Gasteiger charge is -2.08. The maximum atomic E-state index is 12.5. The van der Waals surface area contributed by atoms with Gasteiger partial charge in [0.05, 0.1) is 31.2 Å². The standard InChI is InChI=1S/C21H23N3O4S3/c1-12(2)7-13-10-30-19(18(13)20(27)28-3)23-16(25)8-14-11-31-21(22-14)24-17(26)9-15-5-4-6-29-15/h4-6,10-12H,7-9H2,1-3H3,(H,23,25)(H,22,24,26). The van der Waals surface area contributed by atoms with E-state index in [0.29, 0.717) is 33.7 Å². The third-order valence-electron chi connectivity index (χ3n) is 4.19. The number of thiophene rings is 2. The van der Waals surface area contributed by atoms with Crippen molar-refractivity contribution in [2.45, 2.75) is 33.1 Å². The van der Waals surface area contributed by atoms with Crippen LogP contribution < -0.4 is 10.6 Å². The van der Waals surface area contributed by atoms with Crippen molar-refractivity contribution in [3.05, 3.63) is 50.0 Å². The van der Waals surface area contributed by atoms with E-state index in [4.69, 9.17) is 4.74 Å². The lowest BCUT2D eigenvalue weighted by molar-refractivity contribution is -0.116. The van der Waals surface area contributed by atoms with E-state index in [1.165, 1.54) is 41.1 Å². The SMILES string of the molecule is COC(=O)c1c(CC(C)C)csc1NC(=O)Cc1csc(NC(=O)Cc2cccs2)n1. The van der Waals surface area contributed by atoms with Crippen LogP contribution in [-0.4, -0.2) is 29.9 Å². The number of hydrogen-bond acceptors (Lipinski definition) is 8. The van der Waals surface area contributed by atoms with Gasteiger partial charge in [0.15, 0.2) is 5.13 Å². The number of carbonyl (C=O) groups excluding carboxylic acids is 3. The summed E-state index contributed by atoms with van der Waals surface area (Å²) in [6.07, 6.45) is 1.05. The van der Waals surface area contributed by atoms with Crippen LogP contribution in [0.3, 0.4) is 0 Å². The first kappa shape index (κ1) is 23.1. The summed E-state index contributed by atoms with van der Waals surface area (Å²) in [5.41, 5.74) is 1.83. The highest BCUT2D eigenvalue weighted by atomic mass is 32.1. The average Bonchev–Trinajstić information content (AvgIpc) is 3.44. The Kier molecular flexibility index (Phi) is 7.94. The van der Waals surface area contributed by atoms with Gasteiger partial charge in [-0.25, -0.2) is 9.78 Å². The van der Waals surface area contributed by atoms with Gasteiger partial charge in [0.1, 0.15) is 5.00 Å². The maximum absolute atomic E-state index is 12.5. The van der Waals surface area contributed by atoms with E-state index < -0.39 is 5.97 Å². The van der Waals surface area contributed by atoms with E-state index >= 15 is 0 Å². The Hall–Kier alpha value is -2.56. The number of rotatable bonds is 9. The fourth-order valence-corrected chi connectivity index (χ4v) is 5.33. The number of aromatic nitrogens is 1. The van der Waals surface area contributed by atoms with Crippen molar-refractivity contribution < 1.29 is 19.1 Å².